The number of hydrogen-bond acceptors (Lipinski definition) is 4. The van der Waals surface area contributed by atoms with Gasteiger partial charge in [0.2, 0.25) is 0 Å². The number of methoxy groups -OCH3 is 1. The number of imidazole rings is 1. The van der Waals surface area contributed by atoms with Crippen molar-refractivity contribution in [2.45, 2.75) is 20.3 Å². The van der Waals surface area contributed by atoms with Gasteiger partial charge < -0.3 is 9.84 Å². The highest BCUT2D eigenvalue weighted by Crippen LogP contribution is 2.29. The van der Waals surface area contributed by atoms with Crippen LogP contribution in [0, 0.1) is 0 Å². The number of aromatic nitrogens is 2. The molecule has 0 aliphatic rings. The summed E-state index contributed by atoms with van der Waals surface area (Å²) in [7, 11) is 1.68. The molecule has 0 saturated heterocycles. The van der Waals surface area contributed by atoms with E-state index in [1.165, 1.54) is 0 Å². The number of nitrogens with zero attached hydrogens (tertiary/aromatic N) is 2. The molecular weight excluding hydrogens is 364 g/mol. The Morgan fingerprint density at radius 2 is 1.59 bits per heavy atom. The first-order chi connectivity index (χ1) is 14.2. The van der Waals surface area contributed by atoms with Crippen molar-refractivity contribution in [3.63, 3.8) is 0 Å². The Bertz CT molecular complexity index is 1260. The van der Waals surface area contributed by atoms with Crippen LogP contribution >= 0.6 is 0 Å². The fourth-order valence-electron chi connectivity index (χ4n) is 3.24. The van der Waals surface area contributed by atoms with E-state index in [2.05, 4.69) is 9.72 Å². The maximum Gasteiger partial charge on any atom is 0.264 e. The normalized spacial score (nSPS) is 10.8. The number of aliphatic hydroxyl groups is 1. The topological polar surface area (TPSA) is 63.8 Å². The molecule has 5 heteroatoms. The quantitative estimate of drug-likeness (QED) is 0.477. The molecule has 0 unspecified atom stereocenters. The zero-order valence-electron chi connectivity index (χ0n) is 17.1. The van der Waals surface area contributed by atoms with Crippen molar-refractivity contribution in [1.82, 2.24) is 9.38 Å². The minimum absolute atomic E-state index is 0.00278. The maximum atomic E-state index is 12.9. The smallest absolute Gasteiger partial charge is 0.264 e. The minimum Gasteiger partial charge on any atom is -0.396 e. The van der Waals surface area contributed by atoms with E-state index in [1.807, 2.05) is 74.5 Å². The number of fused-ring (bicyclic) bond motifs is 4. The summed E-state index contributed by atoms with van der Waals surface area (Å²) in [5.74, 6) is 0. The van der Waals surface area contributed by atoms with Gasteiger partial charge in [-0.2, -0.15) is 0 Å². The standard InChI is InChI=1S/C18H10N2O.2C3H8O/c21-18-13-8-4-6-11-5-3-7-12(16(11)13)17-19-14-9-1-2-10-15(14)20(17)18;1-3-4-2;1-2-3-4/h1-10H;3H2,1-2H3;4H,2-3H2,1H3. The second-order valence-corrected chi connectivity index (χ2v) is 6.57. The highest BCUT2D eigenvalue weighted by Gasteiger charge is 2.14. The van der Waals surface area contributed by atoms with E-state index in [0.29, 0.717) is 6.61 Å². The molecule has 0 saturated carbocycles. The Hall–Kier alpha value is -3.02. The van der Waals surface area contributed by atoms with Gasteiger partial charge in [-0.15, -0.1) is 0 Å². The Balaban J connectivity index is 0.000000261. The van der Waals surface area contributed by atoms with E-state index in [9.17, 15) is 4.79 Å². The van der Waals surface area contributed by atoms with Crippen LogP contribution in [0.25, 0.3) is 38.2 Å². The van der Waals surface area contributed by atoms with Crippen molar-refractivity contribution in [3.05, 3.63) is 71.0 Å². The summed E-state index contributed by atoms with van der Waals surface area (Å²) in [6, 6.07) is 19.7. The van der Waals surface area contributed by atoms with Gasteiger partial charge in [0.05, 0.1) is 11.0 Å². The maximum absolute atomic E-state index is 12.9. The lowest BCUT2D eigenvalue weighted by molar-refractivity contribution is 0.215. The molecule has 0 radical (unpaired) electrons. The van der Waals surface area contributed by atoms with Crippen molar-refractivity contribution >= 4 is 38.2 Å². The van der Waals surface area contributed by atoms with Gasteiger partial charge in [0.25, 0.3) is 5.56 Å². The number of benzene rings is 3. The van der Waals surface area contributed by atoms with Gasteiger partial charge in [-0.3, -0.25) is 9.20 Å². The van der Waals surface area contributed by atoms with Gasteiger partial charge in [0.15, 0.2) is 0 Å². The van der Waals surface area contributed by atoms with Crippen LogP contribution < -0.4 is 5.56 Å². The predicted octanol–water partition coefficient (Wildman–Crippen LogP) is 4.63. The van der Waals surface area contributed by atoms with Crippen molar-refractivity contribution in [3.8, 4) is 0 Å². The van der Waals surface area contributed by atoms with Crippen molar-refractivity contribution in [2.75, 3.05) is 20.3 Å². The molecule has 0 aliphatic heterocycles. The molecule has 0 atom stereocenters. The van der Waals surface area contributed by atoms with Crippen LogP contribution in [-0.2, 0) is 4.74 Å². The zero-order valence-corrected chi connectivity index (χ0v) is 17.1. The van der Waals surface area contributed by atoms with E-state index < -0.39 is 0 Å². The number of ether oxygens (including phenoxy) is 1. The van der Waals surface area contributed by atoms with Gasteiger partial charge in [0.1, 0.15) is 5.65 Å². The molecule has 0 aliphatic carbocycles. The molecule has 3 aromatic carbocycles. The summed E-state index contributed by atoms with van der Waals surface area (Å²) in [5, 5.41) is 11.7. The van der Waals surface area contributed by atoms with Gasteiger partial charge in [-0.25, -0.2) is 4.98 Å². The Morgan fingerprint density at radius 1 is 0.966 bits per heavy atom. The van der Waals surface area contributed by atoms with E-state index in [4.69, 9.17) is 5.11 Å². The first kappa shape index (κ1) is 20.7. The summed E-state index contributed by atoms with van der Waals surface area (Å²) in [6.45, 7) is 5.03. The molecule has 29 heavy (non-hydrogen) atoms. The van der Waals surface area contributed by atoms with Crippen molar-refractivity contribution in [1.29, 1.82) is 0 Å². The monoisotopic (exact) mass is 390 g/mol. The Labute approximate surface area is 169 Å². The molecule has 5 rings (SSSR count). The molecule has 1 N–H and O–H groups in total. The van der Waals surface area contributed by atoms with Crippen LogP contribution in [0.3, 0.4) is 0 Å². The van der Waals surface area contributed by atoms with E-state index in [1.54, 1.807) is 11.5 Å². The molecule has 5 nitrogen and oxygen atoms in total. The van der Waals surface area contributed by atoms with Gasteiger partial charge >= 0.3 is 0 Å². The molecule has 2 aromatic heterocycles. The van der Waals surface area contributed by atoms with Crippen LogP contribution in [0.15, 0.2) is 65.5 Å². The first-order valence-electron chi connectivity index (χ1n) is 9.81. The molecule has 0 bridgehead atoms. The largest absolute Gasteiger partial charge is 0.396 e. The summed E-state index contributed by atoms with van der Waals surface area (Å²) in [4.78, 5) is 17.6. The number of pyridine rings is 1. The highest BCUT2D eigenvalue weighted by atomic mass is 16.5. The summed E-state index contributed by atoms with van der Waals surface area (Å²) >= 11 is 0. The molecule has 150 valence electrons. The molecule has 2 heterocycles. The average molecular weight is 390 g/mol. The minimum atomic E-state index is 0.00278. The van der Waals surface area contributed by atoms with Crippen LogP contribution in [0.4, 0.5) is 0 Å². The van der Waals surface area contributed by atoms with Crippen LogP contribution in [0.5, 0.6) is 0 Å². The molecule has 0 spiro atoms. The van der Waals surface area contributed by atoms with E-state index >= 15 is 0 Å². The summed E-state index contributed by atoms with van der Waals surface area (Å²) < 4.78 is 6.27. The zero-order chi connectivity index (χ0) is 20.8. The molecule has 0 amide bonds. The second kappa shape index (κ2) is 9.45. The molecule has 0 fully saturated rings. The Morgan fingerprint density at radius 3 is 2.21 bits per heavy atom. The van der Waals surface area contributed by atoms with Crippen LogP contribution in [0.1, 0.15) is 20.3 Å². The van der Waals surface area contributed by atoms with Gasteiger partial charge in [0, 0.05) is 36.5 Å². The number of aliphatic hydroxyl groups excluding tert-OH is 1. The number of para-hydroxylation sites is 2. The van der Waals surface area contributed by atoms with E-state index in [-0.39, 0.29) is 5.56 Å². The van der Waals surface area contributed by atoms with Crippen LogP contribution in [-0.4, -0.2) is 34.8 Å². The highest BCUT2D eigenvalue weighted by molar-refractivity contribution is 6.15. The number of rotatable bonds is 2. The predicted molar refractivity (Wildman–Crippen MR) is 120 cm³/mol. The summed E-state index contributed by atoms with van der Waals surface area (Å²) in [6.07, 6.45) is 0.875. The lowest BCUT2D eigenvalue weighted by Crippen LogP contribution is -2.13. The fourth-order valence-corrected chi connectivity index (χ4v) is 3.24. The SMILES string of the molecule is CCCO.CCOC.O=c1c2cccc3cccc(c32)c2nc3ccccc3n12. The van der Waals surface area contributed by atoms with Crippen molar-refractivity contribution in [2.24, 2.45) is 0 Å². The third-order valence-corrected chi connectivity index (χ3v) is 4.65. The fraction of sp³-hybridized carbons (Fsp3) is 0.250. The lowest BCUT2D eigenvalue weighted by Gasteiger charge is -2.06. The van der Waals surface area contributed by atoms with Crippen LogP contribution in [0.2, 0.25) is 0 Å². The third-order valence-electron chi connectivity index (χ3n) is 4.65. The summed E-state index contributed by atoms with van der Waals surface area (Å²) in [5.41, 5.74) is 2.46. The lowest BCUT2D eigenvalue weighted by atomic mass is 10.0. The average Bonchev–Trinajstić information content (AvgIpc) is 3.17. The third kappa shape index (κ3) is 3.92. The molecule has 5 aromatic rings. The van der Waals surface area contributed by atoms with Gasteiger partial charge in [-0.1, -0.05) is 49.4 Å². The Kier molecular flexibility index (Phi) is 6.75. The van der Waals surface area contributed by atoms with Crippen molar-refractivity contribution < 1.29 is 9.84 Å². The second-order valence-electron chi connectivity index (χ2n) is 6.57. The van der Waals surface area contributed by atoms with Gasteiger partial charge in [-0.05, 0) is 36.9 Å². The molecular formula is C24H26N2O3. The van der Waals surface area contributed by atoms with E-state index in [0.717, 1.165) is 51.3 Å². The number of hydrogen-bond donors (Lipinski definition) is 1. The first-order valence-corrected chi connectivity index (χ1v) is 9.81.